The molecule has 1 aliphatic heterocycles. The molecule has 0 unspecified atom stereocenters. The van der Waals surface area contributed by atoms with Crippen molar-refractivity contribution >= 4 is 45.4 Å². The van der Waals surface area contributed by atoms with Gasteiger partial charge in [-0.15, -0.1) is 11.3 Å². The minimum absolute atomic E-state index is 0.0301. The number of hydrogen-bond acceptors (Lipinski definition) is 6. The lowest BCUT2D eigenvalue weighted by Gasteiger charge is -2.24. The van der Waals surface area contributed by atoms with Crippen LogP contribution in [0.2, 0.25) is 4.47 Å². The molecule has 134 valence electrons. The van der Waals surface area contributed by atoms with E-state index in [1.165, 1.54) is 11.3 Å². The highest BCUT2D eigenvalue weighted by Crippen LogP contribution is 2.35. The first-order chi connectivity index (χ1) is 12.6. The second-order valence-corrected chi connectivity index (χ2v) is 7.48. The van der Waals surface area contributed by atoms with Crippen molar-refractivity contribution in [3.63, 3.8) is 0 Å². The number of pyridine rings is 1. The predicted octanol–water partition coefficient (Wildman–Crippen LogP) is 4.00. The Balaban J connectivity index is 1.71. The normalized spacial score (nSPS) is 14.2. The zero-order chi connectivity index (χ0) is 18.1. The summed E-state index contributed by atoms with van der Waals surface area (Å²) < 4.78 is 11.3. The SMILES string of the molecule is CCOc1cc(-c2cnc(Cl)s2)nc2ccc(NC(=O)C3COC3)cc12. The Hall–Kier alpha value is -2.22. The van der Waals surface area contributed by atoms with Crippen LogP contribution in [0, 0.1) is 5.92 Å². The topological polar surface area (TPSA) is 73.3 Å². The van der Waals surface area contributed by atoms with Gasteiger partial charge in [-0.1, -0.05) is 11.6 Å². The lowest BCUT2D eigenvalue weighted by atomic mass is 10.1. The number of ether oxygens (including phenoxy) is 2. The molecule has 1 saturated heterocycles. The Labute approximate surface area is 159 Å². The Kier molecular flexibility index (Phi) is 4.76. The van der Waals surface area contributed by atoms with Crippen LogP contribution in [0.25, 0.3) is 21.5 Å². The van der Waals surface area contributed by atoms with Gasteiger partial charge in [0.25, 0.3) is 0 Å². The van der Waals surface area contributed by atoms with E-state index in [4.69, 9.17) is 21.1 Å². The molecule has 0 saturated carbocycles. The van der Waals surface area contributed by atoms with Gasteiger partial charge in [0.05, 0.1) is 41.8 Å². The van der Waals surface area contributed by atoms with E-state index in [0.29, 0.717) is 35.7 Å². The van der Waals surface area contributed by atoms with Crippen LogP contribution in [0.5, 0.6) is 5.75 Å². The molecule has 3 aromatic rings. The largest absolute Gasteiger partial charge is 0.493 e. The van der Waals surface area contributed by atoms with Gasteiger partial charge in [-0.2, -0.15) is 0 Å². The first-order valence-electron chi connectivity index (χ1n) is 8.22. The van der Waals surface area contributed by atoms with Crippen LogP contribution in [0.4, 0.5) is 5.69 Å². The summed E-state index contributed by atoms with van der Waals surface area (Å²) in [5, 5.41) is 3.77. The third-order valence-corrected chi connectivity index (χ3v) is 5.21. The minimum atomic E-state index is -0.0753. The van der Waals surface area contributed by atoms with Crippen LogP contribution < -0.4 is 10.1 Å². The van der Waals surface area contributed by atoms with Crippen molar-refractivity contribution in [2.45, 2.75) is 6.92 Å². The van der Waals surface area contributed by atoms with Crippen molar-refractivity contribution in [2.24, 2.45) is 5.92 Å². The molecular formula is C18H16ClN3O3S. The molecular weight excluding hydrogens is 374 g/mol. The van der Waals surface area contributed by atoms with Gasteiger partial charge in [0.2, 0.25) is 5.91 Å². The number of carbonyl (C=O) groups excluding carboxylic acids is 1. The molecule has 3 heterocycles. The van der Waals surface area contributed by atoms with Crippen LogP contribution in [0.15, 0.2) is 30.5 Å². The molecule has 6 nitrogen and oxygen atoms in total. The summed E-state index contributed by atoms with van der Waals surface area (Å²) >= 11 is 7.31. The van der Waals surface area contributed by atoms with Gasteiger partial charge in [-0.3, -0.25) is 4.79 Å². The zero-order valence-electron chi connectivity index (χ0n) is 14.0. The fourth-order valence-corrected chi connectivity index (χ4v) is 3.58. The first kappa shape index (κ1) is 17.2. The molecule has 1 aromatic carbocycles. The van der Waals surface area contributed by atoms with E-state index < -0.39 is 0 Å². The van der Waals surface area contributed by atoms with Crippen molar-refractivity contribution in [1.29, 1.82) is 0 Å². The molecule has 0 radical (unpaired) electrons. The van der Waals surface area contributed by atoms with E-state index in [1.807, 2.05) is 31.2 Å². The lowest BCUT2D eigenvalue weighted by Crippen LogP contribution is -2.38. The highest BCUT2D eigenvalue weighted by Gasteiger charge is 2.26. The molecule has 1 fully saturated rings. The molecule has 0 spiro atoms. The Bertz CT molecular complexity index is 971. The predicted molar refractivity (Wildman–Crippen MR) is 102 cm³/mol. The maximum absolute atomic E-state index is 12.1. The Morgan fingerprint density at radius 3 is 2.92 bits per heavy atom. The number of aromatic nitrogens is 2. The summed E-state index contributed by atoms with van der Waals surface area (Å²) in [4.78, 5) is 21.8. The number of nitrogens with one attached hydrogen (secondary N) is 1. The van der Waals surface area contributed by atoms with Crippen molar-refractivity contribution in [3.05, 3.63) is 34.9 Å². The molecule has 0 atom stereocenters. The fraction of sp³-hybridized carbons (Fsp3) is 0.278. The number of anilines is 1. The standard InChI is InChI=1S/C18H16ClN3O3S/c1-2-25-15-6-14(16-7-20-18(19)26-16)22-13-4-3-11(5-12(13)15)21-17(23)10-8-24-9-10/h3-7,10H,2,8-9H2,1H3,(H,21,23). The summed E-state index contributed by atoms with van der Waals surface area (Å²) in [5.41, 5.74) is 2.25. The minimum Gasteiger partial charge on any atom is -0.493 e. The van der Waals surface area contributed by atoms with Crippen molar-refractivity contribution in [3.8, 4) is 16.3 Å². The monoisotopic (exact) mass is 389 g/mol. The van der Waals surface area contributed by atoms with E-state index >= 15 is 0 Å². The number of thiazole rings is 1. The number of rotatable bonds is 5. The third-order valence-electron chi connectivity index (χ3n) is 4.08. The summed E-state index contributed by atoms with van der Waals surface area (Å²) in [7, 11) is 0. The van der Waals surface area contributed by atoms with Crippen LogP contribution in [0.1, 0.15) is 6.92 Å². The number of hydrogen-bond donors (Lipinski definition) is 1. The summed E-state index contributed by atoms with van der Waals surface area (Å²) in [6.45, 7) is 3.41. The smallest absolute Gasteiger partial charge is 0.232 e. The number of halogens is 1. The average Bonchev–Trinajstić information content (AvgIpc) is 3.00. The number of fused-ring (bicyclic) bond motifs is 1. The van der Waals surface area contributed by atoms with Crippen LogP contribution in [-0.4, -0.2) is 35.7 Å². The highest BCUT2D eigenvalue weighted by atomic mass is 35.5. The molecule has 2 aromatic heterocycles. The van der Waals surface area contributed by atoms with Crippen LogP contribution in [-0.2, 0) is 9.53 Å². The molecule has 1 N–H and O–H groups in total. The maximum Gasteiger partial charge on any atom is 0.232 e. The Morgan fingerprint density at radius 2 is 2.27 bits per heavy atom. The molecule has 1 aliphatic rings. The van der Waals surface area contributed by atoms with Gasteiger partial charge >= 0.3 is 0 Å². The van der Waals surface area contributed by atoms with E-state index in [0.717, 1.165) is 21.5 Å². The summed E-state index contributed by atoms with van der Waals surface area (Å²) in [6, 6.07) is 7.47. The van der Waals surface area contributed by atoms with Gasteiger partial charge in [-0.05, 0) is 25.1 Å². The second-order valence-electron chi connectivity index (χ2n) is 5.87. The van der Waals surface area contributed by atoms with Crippen molar-refractivity contribution < 1.29 is 14.3 Å². The van der Waals surface area contributed by atoms with E-state index in [1.54, 1.807) is 6.20 Å². The van der Waals surface area contributed by atoms with Crippen molar-refractivity contribution in [1.82, 2.24) is 9.97 Å². The quantitative estimate of drug-likeness (QED) is 0.714. The molecule has 0 bridgehead atoms. The Morgan fingerprint density at radius 1 is 1.42 bits per heavy atom. The lowest BCUT2D eigenvalue weighted by molar-refractivity contribution is -0.133. The molecule has 4 rings (SSSR count). The van der Waals surface area contributed by atoms with Gasteiger partial charge < -0.3 is 14.8 Å². The van der Waals surface area contributed by atoms with E-state index in [-0.39, 0.29) is 11.8 Å². The summed E-state index contributed by atoms with van der Waals surface area (Å²) in [5.74, 6) is 0.603. The zero-order valence-corrected chi connectivity index (χ0v) is 15.6. The van der Waals surface area contributed by atoms with Crippen LogP contribution in [0.3, 0.4) is 0 Å². The second kappa shape index (κ2) is 7.19. The first-order valence-corrected chi connectivity index (χ1v) is 9.41. The number of amides is 1. The molecule has 8 heteroatoms. The number of benzene rings is 1. The van der Waals surface area contributed by atoms with Crippen molar-refractivity contribution in [2.75, 3.05) is 25.1 Å². The van der Waals surface area contributed by atoms with Gasteiger partial charge in [0.15, 0.2) is 4.47 Å². The number of carbonyl (C=O) groups is 1. The fourth-order valence-electron chi connectivity index (χ4n) is 2.68. The maximum atomic E-state index is 12.1. The number of nitrogens with zero attached hydrogens (tertiary/aromatic N) is 2. The van der Waals surface area contributed by atoms with Gasteiger partial charge in [0.1, 0.15) is 5.75 Å². The van der Waals surface area contributed by atoms with E-state index in [2.05, 4.69) is 15.3 Å². The molecule has 26 heavy (non-hydrogen) atoms. The molecule has 1 amide bonds. The third kappa shape index (κ3) is 3.38. The highest BCUT2D eigenvalue weighted by molar-refractivity contribution is 7.18. The molecule has 0 aliphatic carbocycles. The summed E-state index contributed by atoms with van der Waals surface area (Å²) in [6.07, 6.45) is 1.70. The van der Waals surface area contributed by atoms with E-state index in [9.17, 15) is 4.79 Å². The van der Waals surface area contributed by atoms with Crippen LogP contribution >= 0.6 is 22.9 Å². The average molecular weight is 390 g/mol. The van der Waals surface area contributed by atoms with Gasteiger partial charge in [0, 0.05) is 23.3 Å². The van der Waals surface area contributed by atoms with Gasteiger partial charge in [-0.25, -0.2) is 9.97 Å².